The summed E-state index contributed by atoms with van der Waals surface area (Å²) in [6.07, 6.45) is 4.17. The van der Waals surface area contributed by atoms with Gasteiger partial charge in [0.2, 0.25) is 5.88 Å². The third kappa shape index (κ3) is 5.86. The molecule has 2 fully saturated rings. The van der Waals surface area contributed by atoms with E-state index in [1.165, 1.54) is 12.1 Å². The van der Waals surface area contributed by atoms with E-state index in [1.807, 2.05) is 0 Å². The number of nitrogens with zero attached hydrogens (tertiary/aromatic N) is 4. The highest BCUT2D eigenvalue weighted by atomic mass is 32.2. The third-order valence-electron chi connectivity index (χ3n) is 7.64. The molecule has 39 heavy (non-hydrogen) atoms. The molecule has 0 unspecified atom stereocenters. The number of carbonyl (C=O) groups excluding carboxylic acids is 1. The summed E-state index contributed by atoms with van der Waals surface area (Å²) in [6, 6.07) is 13.8. The van der Waals surface area contributed by atoms with E-state index in [0.29, 0.717) is 36.5 Å². The molecule has 0 radical (unpaired) electrons. The van der Waals surface area contributed by atoms with Crippen LogP contribution in [-0.4, -0.2) is 57.2 Å². The average Bonchev–Trinajstić information content (AvgIpc) is 3.42. The van der Waals surface area contributed by atoms with Crippen molar-refractivity contribution >= 4 is 30.0 Å². The lowest BCUT2D eigenvalue weighted by atomic mass is 10.1. The number of alkyl halides is 1. The Bertz CT molecular complexity index is 1460. The van der Waals surface area contributed by atoms with Crippen LogP contribution in [-0.2, 0) is 10.0 Å². The molecule has 2 aromatic heterocycles. The number of rotatable bonds is 10. The second kappa shape index (κ2) is 10.4. The summed E-state index contributed by atoms with van der Waals surface area (Å²) in [7, 11) is -6.02. The topological polar surface area (TPSA) is 106 Å². The van der Waals surface area contributed by atoms with Crippen molar-refractivity contribution in [3.05, 3.63) is 60.3 Å². The van der Waals surface area contributed by atoms with Crippen LogP contribution >= 0.6 is 0 Å². The zero-order valence-electron chi connectivity index (χ0n) is 22.4. The summed E-state index contributed by atoms with van der Waals surface area (Å²) >= 11 is 0. The van der Waals surface area contributed by atoms with Crippen LogP contribution in [0.4, 0.5) is 10.2 Å². The number of pyridine rings is 1. The summed E-state index contributed by atoms with van der Waals surface area (Å²) in [6.45, 7) is 7.41. The molecule has 1 saturated heterocycles. The van der Waals surface area contributed by atoms with Crippen molar-refractivity contribution in [2.24, 2.45) is 11.3 Å². The molecule has 1 aliphatic carbocycles. The molecule has 1 N–H and O–H groups in total. The number of aromatic nitrogens is 3. The first-order valence-corrected chi connectivity index (χ1v) is 17.8. The Labute approximate surface area is 229 Å². The van der Waals surface area contributed by atoms with Gasteiger partial charge in [0.15, 0.2) is 14.1 Å². The second-order valence-electron chi connectivity index (χ2n) is 11.4. The lowest BCUT2D eigenvalue weighted by molar-refractivity contribution is 0.0981. The SMILES string of the molecule is C[C@@H]1CN(c2nc(-n3ccc(OCCC4(CF)CC4)n3)ccc2C(=O)NS(=O)(=O)c2ccccc2)[Si](C)(C)C1. The van der Waals surface area contributed by atoms with Crippen LogP contribution in [0.25, 0.3) is 5.82 Å². The molecule has 9 nitrogen and oxygen atoms in total. The predicted molar refractivity (Wildman–Crippen MR) is 149 cm³/mol. The molecule has 1 amide bonds. The molecule has 1 aromatic carbocycles. The number of ether oxygens (including phenoxy) is 1. The van der Waals surface area contributed by atoms with Gasteiger partial charge in [-0.25, -0.2) is 22.8 Å². The molecular formula is C27H34FN5O4SSi. The van der Waals surface area contributed by atoms with Crippen molar-refractivity contribution in [2.75, 3.05) is 24.4 Å². The normalized spacial score (nSPS) is 19.6. The highest BCUT2D eigenvalue weighted by Crippen LogP contribution is 2.49. The third-order valence-corrected chi connectivity index (χ3v) is 12.5. The summed E-state index contributed by atoms with van der Waals surface area (Å²) in [5.74, 6) is 1.03. The largest absolute Gasteiger partial charge is 0.477 e. The quantitative estimate of drug-likeness (QED) is 0.356. The van der Waals surface area contributed by atoms with Gasteiger partial charge in [0.25, 0.3) is 15.9 Å². The summed E-state index contributed by atoms with van der Waals surface area (Å²) in [5, 5.41) is 4.47. The lowest BCUT2D eigenvalue weighted by Crippen LogP contribution is -2.45. The zero-order chi connectivity index (χ0) is 27.8. The maximum absolute atomic E-state index is 13.4. The van der Waals surface area contributed by atoms with E-state index in [4.69, 9.17) is 9.72 Å². The highest BCUT2D eigenvalue weighted by molar-refractivity contribution is 7.90. The summed E-state index contributed by atoms with van der Waals surface area (Å²) in [5.41, 5.74) is -0.0232. The molecule has 0 spiro atoms. The Hall–Kier alpha value is -3.25. The molecule has 1 aliphatic heterocycles. The predicted octanol–water partition coefficient (Wildman–Crippen LogP) is 4.57. The van der Waals surface area contributed by atoms with E-state index in [0.717, 1.165) is 25.4 Å². The number of sulfonamides is 1. The molecule has 3 aromatic rings. The first-order chi connectivity index (χ1) is 18.5. The molecule has 5 rings (SSSR count). The van der Waals surface area contributed by atoms with Gasteiger partial charge in [-0.1, -0.05) is 38.2 Å². The van der Waals surface area contributed by atoms with E-state index in [9.17, 15) is 17.6 Å². The number of hydrogen-bond donors (Lipinski definition) is 1. The number of benzene rings is 1. The van der Waals surface area contributed by atoms with Gasteiger partial charge in [0.05, 0.1) is 23.7 Å². The smallest absolute Gasteiger partial charge is 0.268 e. The molecule has 2 aliphatic rings. The van der Waals surface area contributed by atoms with E-state index in [-0.39, 0.29) is 22.5 Å². The fourth-order valence-corrected chi connectivity index (χ4v) is 9.85. The van der Waals surface area contributed by atoms with Crippen molar-refractivity contribution in [1.82, 2.24) is 19.5 Å². The molecular weight excluding hydrogens is 537 g/mol. The first kappa shape index (κ1) is 27.3. The van der Waals surface area contributed by atoms with Crippen molar-refractivity contribution in [2.45, 2.75) is 50.2 Å². The fraction of sp³-hybridized carbons (Fsp3) is 0.444. The standard InChI is InChI=1S/C27H34FN5O4SSi/c1-20-17-33(39(2,3)18-20)25-22(26(34)31-38(35,36)21-7-5-4-6-8-21)9-10-23(29-25)32-15-11-24(30-32)37-16-14-27(19-28)12-13-27/h4-11,15,20H,12-14,16-19H2,1-3H3,(H,31,34)/t20-/m1/s1. The minimum atomic E-state index is -4.06. The van der Waals surface area contributed by atoms with Crippen LogP contribution in [0.2, 0.25) is 19.1 Å². The minimum absolute atomic E-state index is 0.0113. The van der Waals surface area contributed by atoms with E-state index >= 15 is 0 Å². The monoisotopic (exact) mass is 571 g/mol. The molecule has 3 heterocycles. The number of hydrogen-bond acceptors (Lipinski definition) is 7. The zero-order valence-corrected chi connectivity index (χ0v) is 24.2. The Morgan fingerprint density at radius 1 is 1.18 bits per heavy atom. The molecule has 12 heteroatoms. The van der Waals surface area contributed by atoms with Crippen LogP contribution in [0.3, 0.4) is 0 Å². The van der Waals surface area contributed by atoms with Crippen molar-refractivity contribution in [3.8, 4) is 11.7 Å². The second-order valence-corrected chi connectivity index (χ2v) is 17.6. The van der Waals surface area contributed by atoms with Crippen LogP contribution in [0.5, 0.6) is 5.88 Å². The number of nitrogens with one attached hydrogen (secondary N) is 1. The van der Waals surface area contributed by atoms with Crippen molar-refractivity contribution in [3.63, 3.8) is 0 Å². The van der Waals surface area contributed by atoms with E-state index in [1.54, 1.807) is 47.3 Å². The van der Waals surface area contributed by atoms with Gasteiger partial charge in [-0.3, -0.25) is 9.18 Å². The van der Waals surface area contributed by atoms with E-state index in [2.05, 4.69) is 34.4 Å². The number of amides is 1. The highest BCUT2D eigenvalue weighted by Gasteiger charge is 2.43. The van der Waals surface area contributed by atoms with Crippen LogP contribution < -0.4 is 14.0 Å². The number of carbonyl (C=O) groups is 1. The van der Waals surface area contributed by atoms with Gasteiger partial charge in [-0.15, -0.1) is 5.10 Å². The van der Waals surface area contributed by atoms with Crippen LogP contribution in [0.1, 0.15) is 36.5 Å². The molecule has 1 saturated carbocycles. The minimum Gasteiger partial charge on any atom is -0.477 e. The van der Waals surface area contributed by atoms with Gasteiger partial charge in [0.1, 0.15) is 5.82 Å². The molecule has 1 atom stereocenters. The first-order valence-electron chi connectivity index (χ1n) is 13.2. The molecule has 208 valence electrons. The molecule has 0 bridgehead atoms. The summed E-state index contributed by atoms with van der Waals surface area (Å²) in [4.78, 5) is 18.2. The Balaban J connectivity index is 1.42. The van der Waals surface area contributed by atoms with Gasteiger partial charge in [0, 0.05) is 24.2 Å². The lowest BCUT2D eigenvalue weighted by Gasteiger charge is -2.32. The number of halogens is 1. The maximum Gasteiger partial charge on any atom is 0.268 e. The van der Waals surface area contributed by atoms with Gasteiger partial charge in [-0.05, 0) is 55.5 Å². The average molecular weight is 572 g/mol. The van der Waals surface area contributed by atoms with Crippen molar-refractivity contribution in [1.29, 1.82) is 0 Å². The Kier molecular flexibility index (Phi) is 7.27. The summed E-state index contributed by atoms with van der Waals surface area (Å²) < 4.78 is 50.7. The van der Waals surface area contributed by atoms with Crippen molar-refractivity contribution < 1.29 is 22.3 Å². The Morgan fingerprint density at radius 2 is 1.92 bits per heavy atom. The van der Waals surface area contributed by atoms with Gasteiger partial charge < -0.3 is 9.30 Å². The number of anilines is 1. The van der Waals surface area contributed by atoms with Crippen LogP contribution in [0.15, 0.2) is 59.6 Å². The fourth-order valence-electron chi connectivity index (χ4n) is 5.26. The van der Waals surface area contributed by atoms with Crippen LogP contribution in [0, 0.1) is 11.3 Å². The maximum atomic E-state index is 13.4. The Morgan fingerprint density at radius 3 is 2.56 bits per heavy atom. The van der Waals surface area contributed by atoms with Gasteiger partial charge in [-0.2, -0.15) is 0 Å². The van der Waals surface area contributed by atoms with Gasteiger partial charge >= 0.3 is 0 Å². The van der Waals surface area contributed by atoms with E-state index < -0.39 is 24.2 Å².